The van der Waals surface area contributed by atoms with Crippen molar-refractivity contribution >= 4 is 11.7 Å². The SMILES string of the molecule is CC(Nc1ccn(C)n1)C(N)=NO. The van der Waals surface area contributed by atoms with Crippen molar-refractivity contribution in [3.8, 4) is 0 Å². The first-order chi connectivity index (χ1) is 6.13. The Labute approximate surface area is 76.0 Å². The maximum Gasteiger partial charge on any atom is 0.161 e. The molecule has 0 saturated heterocycles. The highest BCUT2D eigenvalue weighted by atomic mass is 16.4. The zero-order chi connectivity index (χ0) is 9.84. The van der Waals surface area contributed by atoms with Crippen LogP contribution in [-0.4, -0.2) is 26.9 Å². The molecule has 0 radical (unpaired) electrons. The Bertz CT molecular complexity index is 306. The minimum absolute atomic E-state index is 0.130. The fraction of sp³-hybridized carbons (Fsp3) is 0.429. The first-order valence-corrected chi connectivity index (χ1v) is 3.87. The first kappa shape index (κ1) is 9.37. The molecule has 0 aliphatic rings. The molecule has 0 saturated carbocycles. The molecule has 1 unspecified atom stereocenters. The lowest BCUT2D eigenvalue weighted by Gasteiger charge is -2.10. The van der Waals surface area contributed by atoms with E-state index in [0.29, 0.717) is 5.82 Å². The highest BCUT2D eigenvalue weighted by Crippen LogP contribution is 2.02. The molecule has 6 nitrogen and oxygen atoms in total. The van der Waals surface area contributed by atoms with Crippen molar-refractivity contribution in [3.63, 3.8) is 0 Å². The highest BCUT2D eigenvalue weighted by Gasteiger charge is 2.07. The molecule has 0 bridgehead atoms. The van der Waals surface area contributed by atoms with Gasteiger partial charge in [-0.05, 0) is 6.92 Å². The second-order valence-corrected chi connectivity index (χ2v) is 2.77. The maximum absolute atomic E-state index is 8.39. The Morgan fingerprint density at radius 3 is 3.00 bits per heavy atom. The summed E-state index contributed by atoms with van der Waals surface area (Å²) in [6.07, 6.45) is 1.81. The third-order valence-electron chi connectivity index (χ3n) is 1.64. The number of oxime groups is 1. The first-order valence-electron chi connectivity index (χ1n) is 3.87. The number of aryl methyl sites for hydroxylation is 1. The number of hydrogen-bond donors (Lipinski definition) is 3. The molecule has 1 aromatic heterocycles. The van der Waals surface area contributed by atoms with Crippen molar-refractivity contribution in [1.82, 2.24) is 9.78 Å². The van der Waals surface area contributed by atoms with E-state index in [2.05, 4.69) is 15.6 Å². The van der Waals surface area contributed by atoms with Crippen molar-refractivity contribution in [3.05, 3.63) is 12.3 Å². The normalized spacial score (nSPS) is 14.2. The van der Waals surface area contributed by atoms with E-state index < -0.39 is 0 Å². The van der Waals surface area contributed by atoms with Crippen LogP contribution in [0.2, 0.25) is 0 Å². The molecule has 1 heterocycles. The third-order valence-corrected chi connectivity index (χ3v) is 1.64. The summed E-state index contributed by atoms with van der Waals surface area (Å²) in [5.74, 6) is 0.826. The molecular weight excluding hydrogens is 170 g/mol. The Balaban J connectivity index is 2.59. The van der Waals surface area contributed by atoms with Crippen LogP contribution in [0.5, 0.6) is 0 Å². The fourth-order valence-electron chi connectivity index (χ4n) is 0.874. The largest absolute Gasteiger partial charge is 0.409 e. The summed E-state index contributed by atoms with van der Waals surface area (Å²) < 4.78 is 1.67. The van der Waals surface area contributed by atoms with E-state index in [1.807, 2.05) is 7.05 Å². The van der Waals surface area contributed by atoms with Crippen molar-refractivity contribution < 1.29 is 5.21 Å². The molecule has 0 spiro atoms. The van der Waals surface area contributed by atoms with E-state index in [1.165, 1.54) is 0 Å². The van der Waals surface area contributed by atoms with Crippen molar-refractivity contribution in [2.24, 2.45) is 17.9 Å². The highest BCUT2D eigenvalue weighted by molar-refractivity contribution is 5.87. The van der Waals surface area contributed by atoms with Crippen LogP contribution in [0, 0.1) is 0 Å². The Morgan fingerprint density at radius 2 is 2.54 bits per heavy atom. The molecule has 13 heavy (non-hydrogen) atoms. The van der Waals surface area contributed by atoms with E-state index in [1.54, 1.807) is 23.9 Å². The number of nitrogens with two attached hydrogens (primary N) is 1. The van der Waals surface area contributed by atoms with Gasteiger partial charge < -0.3 is 16.3 Å². The van der Waals surface area contributed by atoms with Crippen molar-refractivity contribution in [2.45, 2.75) is 13.0 Å². The van der Waals surface area contributed by atoms with Gasteiger partial charge in [0.15, 0.2) is 5.84 Å². The standard InChI is InChI=1S/C7H13N5O/c1-5(7(8)11-13)9-6-3-4-12(2)10-6/h3-5,13H,1-2H3,(H2,8,11)(H,9,10). The average molecular weight is 183 g/mol. The van der Waals surface area contributed by atoms with Gasteiger partial charge in [0.05, 0.1) is 6.04 Å². The predicted molar refractivity (Wildman–Crippen MR) is 49.7 cm³/mol. The minimum atomic E-state index is -0.236. The van der Waals surface area contributed by atoms with Crippen LogP contribution in [0.4, 0.5) is 5.82 Å². The topological polar surface area (TPSA) is 88.5 Å². The Kier molecular flexibility index (Phi) is 2.73. The van der Waals surface area contributed by atoms with Gasteiger partial charge in [0.1, 0.15) is 5.82 Å². The number of aromatic nitrogens is 2. The summed E-state index contributed by atoms with van der Waals surface area (Å²) in [5.41, 5.74) is 5.37. The zero-order valence-electron chi connectivity index (χ0n) is 7.60. The molecule has 0 aromatic carbocycles. The minimum Gasteiger partial charge on any atom is -0.409 e. The van der Waals surface area contributed by atoms with Gasteiger partial charge >= 0.3 is 0 Å². The van der Waals surface area contributed by atoms with Gasteiger partial charge in [-0.1, -0.05) is 5.16 Å². The third kappa shape index (κ3) is 2.36. The molecule has 0 fully saturated rings. The Morgan fingerprint density at radius 1 is 1.85 bits per heavy atom. The summed E-state index contributed by atoms with van der Waals surface area (Å²) in [7, 11) is 1.82. The predicted octanol–water partition coefficient (Wildman–Crippen LogP) is -0.0331. The van der Waals surface area contributed by atoms with Crippen LogP contribution >= 0.6 is 0 Å². The zero-order valence-corrected chi connectivity index (χ0v) is 7.60. The number of rotatable bonds is 3. The number of nitrogens with zero attached hydrogens (tertiary/aromatic N) is 3. The summed E-state index contributed by atoms with van der Waals surface area (Å²) in [6, 6.07) is 1.57. The average Bonchev–Trinajstić information content (AvgIpc) is 2.49. The fourth-order valence-corrected chi connectivity index (χ4v) is 0.874. The summed E-state index contributed by atoms with van der Waals surface area (Å²) in [6.45, 7) is 1.78. The van der Waals surface area contributed by atoms with Gasteiger partial charge in [-0.3, -0.25) is 4.68 Å². The van der Waals surface area contributed by atoms with Gasteiger partial charge in [0.25, 0.3) is 0 Å². The monoisotopic (exact) mass is 183 g/mol. The van der Waals surface area contributed by atoms with Crippen LogP contribution in [-0.2, 0) is 7.05 Å². The molecule has 0 aliphatic carbocycles. The number of anilines is 1. The summed E-state index contributed by atoms with van der Waals surface area (Å²) in [4.78, 5) is 0. The van der Waals surface area contributed by atoms with E-state index in [4.69, 9.17) is 10.9 Å². The van der Waals surface area contributed by atoms with Gasteiger partial charge in [-0.15, -0.1) is 0 Å². The number of nitrogens with one attached hydrogen (secondary N) is 1. The van der Waals surface area contributed by atoms with E-state index in [9.17, 15) is 0 Å². The van der Waals surface area contributed by atoms with Crippen LogP contribution in [0.1, 0.15) is 6.92 Å². The summed E-state index contributed by atoms with van der Waals surface area (Å²) in [5, 5.41) is 18.3. The molecule has 1 atom stereocenters. The summed E-state index contributed by atoms with van der Waals surface area (Å²) >= 11 is 0. The molecule has 1 rings (SSSR count). The van der Waals surface area contributed by atoms with Crippen LogP contribution in [0.25, 0.3) is 0 Å². The van der Waals surface area contributed by atoms with Crippen LogP contribution in [0.15, 0.2) is 17.4 Å². The molecule has 0 amide bonds. The van der Waals surface area contributed by atoms with Gasteiger partial charge in [-0.25, -0.2) is 0 Å². The second-order valence-electron chi connectivity index (χ2n) is 2.77. The van der Waals surface area contributed by atoms with Gasteiger partial charge in [0.2, 0.25) is 0 Å². The van der Waals surface area contributed by atoms with Gasteiger partial charge in [-0.2, -0.15) is 5.10 Å². The van der Waals surface area contributed by atoms with Crippen LogP contribution < -0.4 is 11.1 Å². The van der Waals surface area contributed by atoms with E-state index in [0.717, 1.165) is 0 Å². The lowest BCUT2D eigenvalue weighted by Crippen LogP contribution is -2.33. The van der Waals surface area contributed by atoms with Crippen LogP contribution in [0.3, 0.4) is 0 Å². The van der Waals surface area contributed by atoms with Crippen molar-refractivity contribution in [1.29, 1.82) is 0 Å². The van der Waals surface area contributed by atoms with E-state index in [-0.39, 0.29) is 11.9 Å². The van der Waals surface area contributed by atoms with Crippen molar-refractivity contribution in [2.75, 3.05) is 5.32 Å². The molecule has 6 heteroatoms. The van der Waals surface area contributed by atoms with Gasteiger partial charge in [0, 0.05) is 19.3 Å². The maximum atomic E-state index is 8.39. The lowest BCUT2D eigenvalue weighted by atomic mass is 10.3. The molecule has 0 aliphatic heterocycles. The smallest absolute Gasteiger partial charge is 0.161 e. The molecule has 1 aromatic rings. The van der Waals surface area contributed by atoms with E-state index >= 15 is 0 Å². The molecule has 72 valence electrons. The molecular formula is C7H13N5O. The Hall–Kier alpha value is -1.72. The quantitative estimate of drug-likeness (QED) is 0.266. The lowest BCUT2D eigenvalue weighted by molar-refractivity contribution is 0.316. The number of hydrogen-bond acceptors (Lipinski definition) is 4. The number of amidine groups is 1. The second kappa shape index (κ2) is 3.79. The molecule has 4 N–H and O–H groups in total.